The van der Waals surface area contributed by atoms with Crippen molar-refractivity contribution >= 4 is 10.9 Å². The van der Waals surface area contributed by atoms with E-state index in [1.54, 1.807) is 7.11 Å². The van der Waals surface area contributed by atoms with Gasteiger partial charge in [0, 0.05) is 24.8 Å². The summed E-state index contributed by atoms with van der Waals surface area (Å²) in [6, 6.07) is 13.3. The first-order chi connectivity index (χ1) is 7.40. The second-order valence-electron chi connectivity index (χ2n) is 3.51. The summed E-state index contributed by atoms with van der Waals surface area (Å²) >= 11 is 0. The molecule has 0 aliphatic rings. The number of aryl methyl sites for hydroxylation is 1. The van der Waals surface area contributed by atoms with Crippen LogP contribution >= 0.6 is 0 Å². The first-order valence-electron chi connectivity index (χ1n) is 5.15. The molecule has 0 N–H and O–H groups in total. The van der Waals surface area contributed by atoms with Crippen molar-refractivity contribution in [1.29, 1.82) is 0 Å². The van der Waals surface area contributed by atoms with Gasteiger partial charge in [0.25, 0.3) is 0 Å². The van der Waals surface area contributed by atoms with Crippen molar-refractivity contribution in [3.8, 4) is 0 Å². The SMILES string of the molecule is COCCCc1c[c]c2ccccc2n1. The number of benzene rings is 1. The molecule has 0 aliphatic carbocycles. The number of hydrogen-bond acceptors (Lipinski definition) is 2. The Morgan fingerprint density at radius 1 is 1.33 bits per heavy atom. The second-order valence-corrected chi connectivity index (χ2v) is 3.51. The lowest BCUT2D eigenvalue weighted by Gasteiger charge is -2.02. The van der Waals surface area contributed by atoms with Gasteiger partial charge in [0.1, 0.15) is 0 Å². The number of aromatic nitrogens is 1. The zero-order valence-electron chi connectivity index (χ0n) is 8.86. The average molecular weight is 200 g/mol. The lowest BCUT2D eigenvalue weighted by Crippen LogP contribution is -1.95. The summed E-state index contributed by atoms with van der Waals surface area (Å²) in [6.07, 6.45) is 1.96. The summed E-state index contributed by atoms with van der Waals surface area (Å²) in [7, 11) is 1.72. The molecule has 0 aliphatic heterocycles. The van der Waals surface area contributed by atoms with Gasteiger partial charge in [-0.1, -0.05) is 18.2 Å². The van der Waals surface area contributed by atoms with Gasteiger partial charge in [0.2, 0.25) is 0 Å². The molecular weight excluding hydrogens is 186 g/mol. The minimum absolute atomic E-state index is 0.786. The van der Waals surface area contributed by atoms with Gasteiger partial charge in [-0.05, 0) is 31.0 Å². The molecule has 0 bridgehead atoms. The molecule has 0 atom stereocenters. The van der Waals surface area contributed by atoms with Gasteiger partial charge < -0.3 is 4.74 Å². The third-order valence-corrected chi connectivity index (χ3v) is 2.34. The van der Waals surface area contributed by atoms with Crippen LogP contribution in [0.15, 0.2) is 30.3 Å². The highest BCUT2D eigenvalue weighted by Gasteiger charge is 1.97. The molecule has 0 saturated heterocycles. The molecule has 1 radical (unpaired) electrons. The van der Waals surface area contributed by atoms with E-state index in [4.69, 9.17) is 4.74 Å². The Balaban J connectivity index is 2.16. The van der Waals surface area contributed by atoms with Crippen LogP contribution in [-0.4, -0.2) is 18.7 Å². The second kappa shape index (κ2) is 4.89. The minimum Gasteiger partial charge on any atom is -0.385 e. The van der Waals surface area contributed by atoms with Crippen LogP contribution in [0.4, 0.5) is 0 Å². The lowest BCUT2D eigenvalue weighted by molar-refractivity contribution is 0.195. The summed E-state index contributed by atoms with van der Waals surface area (Å²) in [5.74, 6) is 0. The van der Waals surface area contributed by atoms with Crippen LogP contribution in [0.2, 0.25) is 0 Å². The number of hydrogen-bond donors (Lipinski definition) is 0. The number of nitrogens with zero attached hydrogens (tertiary/aromatic N) is 1. The largest absolute Gasteiger partial charge is 0.385 e. The highest BCUT2D eigenvalue weighted by atomic mass is 16.5. The zero-order chi connectivity index (χ0) is 10.5. The van der Waals surface area contributed by atoms with Crippen LogP contribution in [0, 0.1) is 6.07 Å². The normalized spacial score (nSPS) is 10.7. The van der Waals surface area contributed by atoms with Crippen molar-refractivity contribution in [3.63, 3.8) is 0 Å². The fraction of sp³-hybridized carbons (Fsp3) is 0.308. The Morgan fingerprint density at radius 3 is 3.07 bits per heavy atom. The molecule has 2 rings (SSSR count). The highest BCUT2D eigenvalue weighted by molar-refractivity contribution is 5.77. The molecule has 0 unspecified atom stereocenters. The molecule has 0 fully saturated rings. The van der Waals surface area contributed by atoms with Gasteiger partial charge in [-0.25, -0.2) is 0 Å². The number of rotatable bonds is 4. The molecule has 0 saturated carbocycles. The van der Waals surface area contributed by atoms with E-state index in [0.29, 0.717) is 0 Å². The first kappa shape index (κ1) is 10.1. The summed E-state index contributed by atoms with van der Waals surface area (Å²) < 4.78 is 5.01. The Labute approximate surface area is 89.9 Å². The zero-order valence-corrected chi connectivity index (χ0v) is 8.86. The fourth-order valence-electron chi connectivity index (χ4n) is 1.57. The van der Waals surface area contributed by atoms with Crippen molar-refractivity contribution in [1.82, 2.24) is 4.98 Å². The van der Waals surface area contributed by atoms with Gasteiger partial charge in [-0.15, -0.1) is 0 Å². The van der Waals surface area contributed by atoms with E-state index >= 15 is 0 Å². The number of pyridine rings is 1. The van der Waals surface area contributed by atoms with Crippen molar-refractivity contribution in [2.24, 2.45) is 0 Å². The van der Waals surface area contributed by atoms with E-state index in [2.05, 4.69) is 11.1 Å². The molecule has 2 nitrogen and oxygen atoms in total. The number of para-hydroxylation sites is 1. The maximum absolute atomic E-state index is 5.01. The average Bonchev–Trinajstić information content (AvgIpc) is 2.29. The third kappa shape index (κ3) is 2.54. The van der Waals surface area contributed by atoms with Gasteiger partial charge in [0.15, 0.2) is 0 Å². The van der Waals surface area contributed by atoms with Gasteiger partial charge in [-0.3, -0.25) is 4.98 Å². The fourth-order valence-corrected chi connectivity index (χ4v) is 1.57. The van der Waals surface area contributed by atoms with E-state index < -0.39 is 0 Å². The quantitative estimate of drug-likeness (QED) is 0.708. The Bertz CT molecular complexity index is 439. The third-order valence-electron chi connectivity index (χ3n) is 2.34. The van der Waals surface area contributed by atoms with Gasteiger partial charge in [0.05, 0.1) is 5.52 Å². The summed E-state index contributed by atoms with van der Waals surface area (Å²) in [5.41, 5.74) is 2.11. The van der Waals surface area contributed by atoms with Crippen molar-refractivity contribution < 1.29 is 4.74 Å². The molecule has 77 valence electrons. The van der Waals surface area contributed by atoms with E-state index in [1.807, 2.05) is 30.3 Å². The van der Waals surface area contributed by atoms with Gasteiger partial charge >= 0.3 is 0 Å². The van der Waals surface area contributed by atoms with Crippen LogP contribution in [0.5, 0.6) is 0 Å². The lowest BCUT2D eigenvalue weighted by atomic mass is 10.1. The van der Waals surface area contributed by atoms with Crippen LogP contribution in [-0.2, 0) is 11.2 Å². The maximum atomic E-state index is 5.01. The number of fused-ring (bicyclic) bond motifs is 1. The molecule has 2 aromatic rings. The topological polar surface area (TPSA) is 22.1 Å². The minimum atomic E-state index is 0.786. The summed E-state index contributed by atoms with van der Waals surface area (Å²) in [5, 5.41) is 1.08. The Kier molecular flexibility index (Phi) is 3.30. The molecule has 1 aromatic heterocycles. The van der Waals surface area contributed by atoms with Crippen LogP contribution in [0.3, 0.4) is 0 Å². The molecule has 2 heteroatoms. The Hall–Kier alpha value is -1.41. The van der Waals surface area contributed by atoms with Gasteiger partial charge in [-0.2, -0.15) is 0 Å². The van der Waals surface area contributed by atoms with Crippen molar-refractivity contribution in [3.05, 3.63) is 42.1 Å². The monoisotopic (exact) mass is 200 g/mol. The Morgan fingerprint density at radius 2 is 2.20 bits per heavy atom. The van der Waals surface area contributed by atoms with Crippen molar-refractivity contribution in [2.45, 2.75) is 12.8 Å². The predicted molar refractivity (Wildman–Crippen MR) is 60.8 cm³/mol. The predicted octanol–water partition coefficient (Wildman–Crippen LogP) is 2.61. The first-order valence-corrected chi connectivity index (χ1v) is 5.15. The van der Waals surface area contributed by atoms with Crippen LogP contribution in [0.25, 0.3) is 10.9 Å². The molecule has 0 amide bonds. The maximum Gasteiger partial charge on any atom is 0.0711 e. The van der Waals surface area contributed by atoms with E-state index in [9.17, 15) is 0 Å². The molecule has 1 heterocycles. The molecular formula is C13H14NO. The smallest absolute Gasteiger partial charge is 0.0711 e. The number of ether oxygens (including phenoxy) is 1. The molecule has 1 aromatic carbocycles. The van der Waals surface area contributed by atoms with Crippen molar-refractivity contribution in [2.75, 3.05) is 13.7 Å². The molecule has 15 heavy (non-hydrogen) atoms. The van der Waals surface area contributed by atoms with E-state index in [1.165, 1.54) is 0 Å². The highest BCUT2D eigenvalue weighted by Crippen LogP contribution is 2.11. The molecule has 0 spiro atoms. The van der Waals surface area contributed by atoms with Crippen LogP contribution < -0.4 is 0 Å². The van der Waals surface area contributed by atoms with Crippen LogP contribution in [0.1, 0.15) is 12.1 Å². The van der Waals surface area contributed by atoms with E-state index in [0.717, 1.165) is 36.0 Å². The summed E-state index contributed by atoms with van der Waals surface area (Å²) in [4.78, 5) is 4.56. The number of methoxy groups -OCH3 is 1. The van der Waals surface area contributed by atoms with E-state index in [-0.39, 0.29) is 0 Å². The standard InChI is InChI=1S/C13H14NO/c1-15-10-4-6-12-9-8-11-5-2-3-7-13(11)14-12/h2-3,5,7,9H,4,6,10H2,1H3. The summed E-state index contributed by atoms with van der Waals surface area (Å²) in [6.45, 7) is 0.786.